The Morgan fingerprint density at radius 3 is 1.75 bits per heavy atom. The number of hydrogen-bond acceptors (Lipinski definition) is 2. The van der Waals surface area contributed by atoms with Crippen molar-refractivity contribution in [3.63, 3.8) is 0 Å². The highest BCUT2D eigenvalue weighted by atomic mass is 16.4. The lowest BCUT2D eigenvalue weighted by atomic mass is 9.91. The molecular formula is C17H35NO2. The molecule has 20 heavy (non-hydrogen) atoms. The van der Waals surface area contributed by atoms with Gasteiger partial charge in [-0.15, -0.1) is 0 Å². The number of unbranched alkanes of at least 4 members (excludes halogenated alkanes) is 7. The third kappa shape index (κ3) is 6.74. The fraction of sp³-hybridized carbons (Fsp3) is 0.941. The van der Waals surface area contributed by atoms with E-state index in [0.29, 0.717) is 0 Å². The highest BCUT2D eigenvalue weighted by molar-refractivity contribution is 5.74. The second-order valence-electron chi connectivity index (χ2n) is 6.16. The number of carboxylic acids is 1. The van der Waals surface area contributed by atoms with Crippen molar-refractivity contribution in [1.82, 2.24) is 0 Å². The second kappa shape index (κ2) is 11.1. The largest absolute Gasteiger partial charge is 0.544 e. The Morgan fingerprint density at radius 2 is 1.35 bits per heavy atom. The zero-order chi connectivity index (χ0) is 15.4. The number of carboxylic acid groups (broad SMARTS) is 1. The predicted molar refractivity (Wildman–Crippen MR) is 82.7 cm³/mol. The smallest absolute Gasteiger partial charge is 0.135 e. The summed E-state index contributed by atoms with van der Waals surface area (Å²) in [7, 11) is 0. The van der Waals surface area contributed by atoms with Crippen LogP contribution < -0.4 is 10.0 Å². The molecule has 0 heterocycles. The Morgan fingerprint density at radius 1 is 0.900 bits per heavy atom. The number of hydrogen-bond donors (Lipinski definition) is 1. The zero-order valence-corrected chi connectivity index (χ0v) is 14.1. The molecule has 0 rings (SSSR count). The minimum atomic E-state index is -0.890. The maximum Gasteiger partial charge on any atom is 0.135 e. The quantitative estimate of drug-likeness (QED) is 0.526. The molecule has 3 heteroatoms. The first-order valence-electron chi connectivity index (χ1n) is 8.59. The molecule has 0 aliphatic rings. The molecule has 0 bridgehead atoms. The highest BCUT2D eigenvalue weighted by Gasteiger charge is 2.34. The first kappa shape index (κ1) is 19.4. The molecule has 0 fully saturated rings. The van der Waals surface area contributed by atoms with Crippen LogP contribution in [0.3, 0.4) is 0 Å². The van der Waals surface area contributed by atoms with Gasteiger partial charge in [-0.2, -0.15) is 0 Å². The van der Waals surface area contributed by atoms with Gasteiger partial charge in [-0.05, 0) is 27.2 Å². The van der Waals surface area contributed by atoms with Crippen molar-refractivity contribution in [2.75, 3.05) is 13.1 Å². The van der Waals surface area contributed by atoms with E-state index in [2.05, 4.69) is 6.92 Å². The summed E-state index contributed by atoms with van der Waals surface area (Å²) in [5.74, 6) is -0.890. The lowest BCUT2D eigenvalue weighted by molar-refractivity contribution is -0.940. The number of likely N-dealkylation sites (N-methyl/N-ethyl adjacent to an activating group) is 1. The van der Waals surface area contributed by atoms with E-state index in [1.54, 1.807) is 0 Å². The summed E-state index contributed by atoms with van der Waals surface area (Å²) >= 11 is 0. The topological polar surface area (TPSA) is 44.6 Å². The Labute approximate surface area is 125 Å². The molecular weight excluding hydrogens is 250 g/mol. The lowest BCUT2D eigenvalue weighted by Gasteiger charge is -2.38. The van der Waals surface area contributed by atoms with E-state index in [1.165, 1.54) is 38.5 Å². The Bertz CT molecular complexity index is 251. The summed E-state index contributed by atoms with van der Waals surface area (Å²) in [6, 6.07) is 0. The molecule has 3 nitrogen and oxygen atoms in total. The average molecular weight is 285 g/mol. The van der Waals surface area contributed by atoms with Gasteiger partial charge in [0.05, 0.1) is 13.1 Å². The van der Waals surface area contributed by atoms with E-state index < -0.39 is 11.5 Å². The van der Waals surface area contributed by atoms with E-state index in [9.17, 15) is 9.90 Å². The fourth-order valence-corrected chi connectivity index (χ4v) is 3.07. The van der Waals surface area contributed by atoms with E-state index in [0.717, 1.165) is 37.3 Å². The lowest BCUT2D eigenvalue weighted by Crippen LogP contribution is -3.21. The molecule has 0 aromatic carbocycles. The third-order valence-corrected chi connectivity index (χ3v) is 4.61. The molecule has 120 valence electrons. The van der Waals surface area contributed by atoms with Crippen LogP contribution in [-0.2, 0) is 4.79 Å². The Hall–Kier alpha value is -0.570. The standard InChI is InChI=1S/C17H35NO2/c1-5-8-9-10-11-12-13-14-15-17(4,16(19)20)18(6-2)7-3/h5-15H2,1-4H3,(H,19,20). The molecule has 0 spiro atoms. The van der Waals surface area contributed by atoms with Crippen molar-refractivity contribution in [2.24, 2.45) is 0 Å². The van der Waals surface area contributed by atoms with Crippen LogP contribution >= 0.6 is 0 Å². The molecule has 1 unspecified atom stereocenters. The van der Waals surface area contributed by atoms with E-state index in [1.807, 2.05) is 20.8 Å². The van der Waals surface area contributed by atoms with Crippen molar-refractivity contribution >= 4 is 5.97 Å². The zero-order valence-electron chi connectivity index (χ0n) is 14.1. The van der Waals surface area contributed by atoms with E-state index >= 15 is 0 Å². The van der Waals surface area contributed by atoms with Crippen LogP contribution in [0.2, 0.25) is 0 Å². The van der Waals surface area contributed by atoms with Gasteiger partial charge >= 0.3 is 0 Å². The Balaban J connectivity index is 3.96. The molecule has 0 saturated heterocycles. The van der Waals surface area contributed by atoms with Crippen molar-refractivity contribution < 1.29 is 14.8 Å². The van der Waals surface area contributed by atoms with Gasteiger partial charge in [-0.25, -0.2) is 0 Å². The normalized spacial score (nSPS) is 14.4. The number of rotatable bonds is 13. The first-order chi connectivity index (χ1) is 9.52. The molecule has 0 aromatic rings. The van der Waals surface area contributed by atoms with Crippen LogP contribution in [-0.4, -0.2) is 24.6 Å². The van der Waals surface area contributed by atoms with Gasteiger partial charge in [-0.1, -0.05) is 51.9 Å². The maximum absolute atomic E-state index is 11.5. The molecule has 1 N–H and O–H groups in total. The van der Waals surface area contributed by atoms with Crippen molar-refractivity contribution in [3.05, 3.63) is 0 Å². The number of carbonyl (C=O) groups excluding carboxylic acids is 1. The van der Waals surface area contributed by atoms with Crippen LogP contribution in [0.4, 0.5) is 0 Å². The van der Waals surface area contributed by atoms with Crippen molar-refractivity contribution in [1.29, 1.82) is 0 Å². The van der Waals surface area contributed by atoms with Gasteiger partial charge in [0, 0.05) is 6.42 Å². The summed E-state index contributed by atoms with van der Waals surface area (Å²) in [5.41, 5.74) is -0.717. The summed E-state index contributed by atoms with van der Waals surface area (Å²) < 4.78 is 0. The van der Waals surface area contributed by atoms with Crippen LogP contribution in [0.1, 0.15) is 85.5 Å². The molecule has 1 atom stereocenters. The van der Waals surface area contributed by atoms with Crippen LogP contribution in [0.15, 0.2) is 0 Å². The van der Waals surface area contributed by atoms with Crippen LogP contribution in [0, 0.1) is 0 Å². The number of nitrogens with one attached hydrogen (secondary N) is 1. The highest BCUT2D eigenvalue weighted by Crippen LogP contribution is 2.14. The second-order valence-corrected chi connectivity index (χ2v) is 6.16. The van der Waals surface area contributed by atoms with Crippen molar-refractivity contribution in [2.45, 2.75) is 91.0 Å². The summed E-state index contributed by atoms with van der Waals surface area (Å²) in [6.07, 6.45) is 10.7. The SMILES string of the molecule is CCCCCCCCCCC(C)(C(=O)[O-])[NH+](CC)CC. The van der Waals surface area contributed by atoms with E-state index in [-0.39, 0.29) is 0 Å². The fourth-order valence-electron chi connectivity index (χ4n) is 3.07. The molecule has 0 aliphatic carbocycles. The number of quaternary nitrogens is 1. The van der Waals surface area contributed by atoms with Gasteiger partial charge in [0.25, 0.3) is 0 Å². The first-order valence-corrected chi connectivity index (χ1v) is 8.59. The third-order valence-electron chi connectivity index (χ3n) is 4.61. The van der Waals surface area contributed by atoms with Crippen molar-refractivity contribution in [3.8, 4) is 0 Å². The van der Waals surface area contributed by atoms with Crippen LogP contribution in [0.5, 0.6) is 0 Å². The van der Waals surface area contributed by atoms with Gasteiger partial charge in [0.2, 0.25) is 0 Å². The number of carbonyl (C=O) groups is 1. The molecule has 0 aliphatic heterocycles. The minimum Gasteiger partial charge on any atom is -0.544 e. The predicted octanol–water partition coefficient (Wildman–Crippen LogP) is 1.95. The molecule has 0 aromatic heterocycles. The van der Waals surface area contributed by atoms with Gasteiger partial charge in [0.15, 0.2) is 0 Å². The Kier molecular flexibility index (Phi) is 10.8. The molecule has 0 amide bonds. The van der Waals surface area contributed by atoms with Gasteiger partial charge < -0.3 is 14.8 Å². The average Bonchev–Trinajstić information content (AvgIpc) is 2.42. The summed E-state index contributed by atoms with van der Waals surface area (Å²) in [6.45, 7) is 9.87. The van der Waals surface area contributed by atoms with Gasteiger partial charge in [0.1, 0.15) is 11.5 Å². The van der Waals surface area contributed by atoms with Crippen LogP contribution in [0.25, 0.3) is 0 Å². The minimum absolute atomic E-state index is 0.717. The molecule has 0 radical (unpaired) electrons. The monoisotopic (exact) mass is 285 g/mol. The van der Waals surface area contributed by atoms with Gasteiger partial charge in [-0.3, -0.25) is 0 Å². The number of aliphatic carboxylic acids is 1. The summed E-state index contributed by atoms with van der Waals surface area (Å²) in [5, 5.41) is 11.5. The summed E-state index contributed by atoms with van der Waals surface area (Å²) in [4.78, 5) is 12.6. The molecule has 0 saturated carbocycles. The van der Waals surface area contributed by atoms with E-state index in [4.69, 9.17) is 0 Å². The maximum atomic E-state index is 11.5.